The Kier molecular flexibility index (Phi) is 6.02. The van der Waals surface area contributed by atoms with Crippen LogP contribution in [0.4, 0.5) is 0 Å². The number of benzene rings is 1. The number of hydrogen-bond donors (Lipinski definition) is 0. The second-order valence-corrected chi connectivity index (χ2v) is 5.39. The van der Waals surface area contributed by atoms with Crippen LogP contribution in [0.2, 0.25) is 0 Å². The number of nitrogens with zero attached hydrogens (tertiary/aromatic N) is 1. The molecule has 1 aromatic carbocycles. The Morgan fingerprint density at radius 2 is 2.00 bits per heavy atom. The molecular formula is C16H20BrNO. The molecule has 0 amide bonds. The molecule has 1 aliphatic rings. The van der Waals surface area contributed by atoms with E-state index in [1.807, 2.05) is 6.07 Å². The monoisotopic (exact) mass is 321 g/mol. The summed E-state index contributed by atoms with van der Waals surface area (Å²) in [6, 6.07) is 10.5. The van der Waals surface area contributed by atoms with Gasteiger partial charge in [-0.05, 0) is 24.5 Å². The molecule has 0 atom stereocenters. The first-order valence-electron chi connectivity index (χ1n) is 6.73. The highest BCUT2D eigenvalue weighted by atomic mass is 79.9. The van der Waals surface area contributed by atoms with Crippen LogP contribution in [-0.2, 0) is 11.3 Å². The quantitative estimate of drug-likeness (QED) is 0.554. The van der Waals surface area contributed by atoms with Crippen LogP contribution in [0.5, 0.6) is 0 Å². The molecule has 102 valence electrons. The SMILES string of the molecule is BrCCCCOC1=CN(Cc2ccccc2)CC=C1. The van der Waals surface area contributed by atoms with E-state index >= 15 is 0 Å². The first-order valence-corrected chi connectivity index (χ1v) is 7.86. The minimum atomic E-state index is 0.793. The maximum Gasteiger partial charge on any atom is 0.134 e. The van der Waals surface area contributed by atoms with Crippen LogP contribution in [0, 0.1) is 0 Å². The number of halogens is 1. The summed E-state index contributed by atoms with van der Waals surface area (Å²) in [6.45, 7) is 2.67. The Morgan fingerprint density at radius 1 is 1.16 bits per heavy atom. The number of hydrogen-bond acceptors (Lipinski definition) is 2. The van der Waals surface area contributed by atoms with Crippen molar-refractivity contribution in [3.05, 3.63) is 60.0 Å². The second-order valence-electron chi connectivity index (χ2n) is 4.59. The Bertz CT molecular complexity index is 428. The van der Waals surface area contributed by atoms with Crippen molar-refractivity contribution in [1.82, 2.24) is 4.90 Å². The zero-order valence-electron chi connectivity index (χ0n) is 11.1. The van der Waals surface area contributed by atoms with Gasteiger partial charge in [0.1, 0.15) is 5.76 Å². The average Bonchev–Trinajstić information content (AvgIpc) is 2.45. The summed E-state index contributed by atoms with van der Waals surface area (Å²) in [5.41, 5.74) is 1.33. The lowest BCUT2D eigenvalue weighted by Crippen LogP contribution is -2.20. The molecule has 0 aromatic heterocycles. The van der Waals surface area contributed by atoms with Crippen LogP contribution in [0.1, 0.15) is 18.4 Å². The largest absolute Gasteiger partial charge is 0.492 e. The number of ether oxygens (including phenoxy) is 1. The van der Waals surface area contributed by atoms with Gasteiger partial charge < -0.3 is 9.64 Å². The fraction of sp³-hybridized carbons (Fsp3) is 0.375. The fourth-order valence-electron chi connectivity index (χ4n) is 1.98. The van der Waals surface area contributed by atoms with Gasteiger partial charge >= 0.3 is 0 Å². The molecule has 1 aliphatic heterocycles. The van der Waals surface area contributed by atoms with Gasteiger partial charge in [0.15, 0.2) is 0 Å². The maximum atomic E-state index is 5.76. The average molecular weight is 322 g/mol. The molecule has 0 saturated carbocycles. The summed E-state index contributed by atoms with van der Waals surface area (Å²) in [4.78, 5) is 2.27. The first kappa shape index (κ1) is 14.2. The smallest absolute Gasteiger partial charge is 0.134 e. The van der Waals surface area contributed by atoms with E-state index in [2.05, 4.69) is 63.4 Å². The van der Waals surface area contributed by atoms with Gasteiger partial charge in [-0.2, -0.15) is 0 Å². The second kappa shape index (κ2) is 8.05. The Labute approximate surface area is 123 Å². The predicted molar refractivity (Wildman–Crippen MR) is 83.1 cm³/mol. The molecule has 0 fully saturated rings. The molecule has 2 rings (SSSR count). The molecule has 2 nitrogen and oxygen atoms in total. The third kappa shape index (κ3) is 5.11. The van der Waals surface area contributed by atoms with E-state index in [0.717, 1.165) is 43.6 Å². The van der Waals surface area contributed by atoms with Crippen molar-refractivity contribution >= 4 is 15.9 Å². The van der Waals surface area contributed by atoms with Crippen molar-refractivity contribution < 1.29 is 4.74 Å². The first-order chi connectivity index (χ1) is 9.38. The molecule has 0 unspecified atom stereocenters. The van der Waals surface area contributed by atoms with Crippen LogP contribution >= 0.6 is 15.9 Å². The van der Waals surface area contributed by atoms with Gasteiger partial charge in [-0.1, -0.05) is 52.3 Å². The molecule has 1 heterocycles. The Balaban J connectivity index is 1.82. The van der Waals surface area contributed by atoms with Crippen molar-refractivity contribution in [2.24, 2.45) is 0 Å². The minimum Gasteiger partial charge on any atom is -0.492 e. The van der Waals surface area contributed by atoms with Gasteiger partial charge in [-0.25, -0.2) is 0 Å². The highest BCUT2D eigenvalue weighted by molar-refractivity contribution is 9.09. The van der Waals surface area contributed by atoms with Gasteiger partial charge in [0.25, 0.3) is 0 Å². The van der Waals surface area contributed by atoms with Crippen LogP contribution in [-0.4, -0.2) is 23.4 Å². The van der Waals surface area contributed by atoms with Gasteiger partial charge in [-0.3, -0.25) is 0 Å². The summed E-state index contributed by atoms with van der Waals surface area (Å²) < 4.78 is 5.76. The Hall–Kier alpha value is -1.22. The molecule has 0 N–H and O–H groups in total. The Morgan fingerprint density at radius 3 is 2.79 bits per heavy atom. The molecule has 3 heteroatoms. The molecule has 0 spiro atoms. The summed E-state index contributed by atoms with van der Waals surface area (Å²) in [5.74, 6) is 0.969. The molecule has 0 saturated heterocycles. The lowest BCUT2D eigenvalue weighted by molar-refractivity contribution is 0.207. The van der Waals surface area contributed by atoms with Crippen LogP contribution < -0.4 is 0 Å². The van der Waals surface area contributed by atoms with Gasteiger partial charge in [-0.15, -0.1) is 0 Å². The van der Waals surface area contributed by atoms with E-state index < -0.39 is 0 Å². The number of alkyl halides is 1. The standard InChI is InChI=1S/C16H20BrNO/c17-10-4-5-12-19-16-9-6-11-18(14-16)13-15-7-2-1-3-8-15/h1-3,6-9,14H,4-5,10-13H2. The summed E-state index contributed by atoms with van der Waals surface area (Å²) in [5, 5.41) is 1.05. The van der Waals surface area contributed by atoms with E-state index in [-0.39, 0.29) is 0 Å². The van der Waals surface area contributed by atoms with Crippen molar-refractivity contribution in [3.8, 4) is 0 Å². The molecular weight excluding hydrogens is 302 g/mol. The summed E-state index contributed by atoms with van der Waals surface area (Å²) >= 11 is 3.43. The number of unbranched alkanes of at least 4 members (excludes halogenated alkanes) is 1. The van der Waals surface area contributed by atoms with E-state index in [1.54, 1.807) is 0 Å². The van der Waals surface area contributed by atoms with Crippen LogP contribution in [0.3, 0.4) is 0 Å². The van der Waals surface area contributed by atoms with Crippen molar-refractivity contribution in [2.45, 2.75) is 19.4 Å². The summed E-state index contributed by atoms with van der Waals surface area (Å²) in [7, 11) is 0. The number of rotatable bonds is 7. The molecule has 0 radical (unpaired) electrons. The van der Waals surface area contributed by atoms with Crippen molar-refractivity contribution in [2.75, 3.05) is 18.5 Å². The van der Waals surface area contributed by atoms with E-state index in [4.69, 9.17) is 4.74 Å². The molecule has 0 bridgehead atoms. The zero-order chi connectivity index (χ0) is 13.3. The molecule has 0 aliphatic carbocycles. The van der Waals surface area contributed by atoms with Gasteiger partial charge in [0.05, 0.1) is 6.61 Å². The minimum absolute atomic E-state index is 0.793. The van der Waals surface area contributed by atoms with E-state index in [0.29, 0.717) is 0 Å². The number of allylic oxidation sites excluding steroid dienone is 1. The maximum absolute atomic E-state index is 5.76. The van der Waals surface area contributed by atoms with Gasteiger partial charge in [0.2, 0.25) is 0 Å². The highest BCUT2D eigenvalue weighted by Crippen LogP contribution is 2.13. The zero-order valence-corrected chi connectivity index (χ0v) is 12.7. The van der Waals surface area contributed by atoms with Crippen LogP contribution in [0.25, 0.3) is 0 Å². The lowest BCUT2D eigenvalue weighted by atomic mass is 10.2. The summed E-state index contributed by atoms with van der Waals surface area (Å²) in [6.07, 6.45) is 8.58. The van der Waals surface area contributed by atoms with Crippen molar-refractivity contribution in [3.63, 3.8) is 0 Å². The molecule has 19 heavy (non-hydrogen) atoms. The third-order valence-corrected chi connectivity index (χ3v) is 3.52. The van der Waals surface area contributed by atoms with Crippen LogP contribution in [0.15, 0.2) is 54.4 Å². The normalized spacial score (nSPS) is 14.4. The third-order valence-electron chi connectivity index (χ3n) is 2.96. The fourth-order valence-corrected chi connectivity index (χ4v) is 2.38. The van der Waals surface area contributed by atoms with Crippen molar-refractivity contribution in [1.29, 1.82) is 0 Å². The highest BCUT2D eigenvalue weighted by Gasteiger charge is 2.06. The lowest BCUT2D eigenvalue weighted by Gasteiger charge is -2.23. The van der Waals surface area contributed by atoms with E-state index in [1.165, 1.54) is 5.56 Å². The topological polar surface area (TPSA) is 12.5 Å². The van der Waals surface area contributed by atoms with E-state index in [9.17, 15) is 0 Å². The molecule has 1 aromatic rings. The predicted octanol–water partition coefficient (Wildman–Crippen LogP) is 4.09. The van der Waals surface area contributed by atoms with Gasteiger partial charge in [0, 0.05) is 24.6 Å².